The van der Waals surface area contributed by atoms with Crippen LogP contribution in [0.5, 0.6) is 0 Å². The average Bonchev–Trinajstić information content (AvgIpc) is 3.28. The summed E-state index contributed by atoms with van der Waals surface area (Å²) in [6.07, 6.45) is 0.207. The minimum Gasteiger partial charge on any atom is -0.348 e. The van der Waals surface area contributed by atoms with Crippen LogP contribution in [0.2, 0.25) is 0 Å². The number of hydrogen-bond acceptors (Lipinski definition) is 6. The lowest BCUT2D eigenvalue weighted by Gasteiger charge is -2.22. The maximum atomic E-state index is 13.3. The minimum atomic E-state index is -4.03. The van der Waals surface area contributed by atoms with Gasteiger partial charge in [-0.3, -0.25) is 4.79 Å². The zero-order valence-electron chi connectivity index (χ0n) is 17.3. The van der Waals surface area contributed by atoms with Crippen molar-refractivity contribution in [3.8, 4) is 0 Å². The van der Waals surface area contributed by atoms with Crippen LogP contribution in [0, 0.1) is 0 Å². The summed E-state index contributed by atoms with van der Waals surface area (Å²) in [5.74, 6) is -0.405. The normalized spacial score (nSPS) is 13.5. The highest BCUT2D eigenvalue weighted by Crippen LogP contribution is 2.22. The van der Waals surface area contributed by atoms with Gasteiger partial charge in [-0.05, 0) is 36.6 Å². The molecule has 164 valence electrons. The van der Waals surface area contributed by atoms with Crippen LogP contribution in [0.25, 0.3) is 11.0 Å². The first-order valence-electron chi connectivity index (χ1n) is 10.1. The molecule has 1 heterocycles. The Balaban J connectivity index is 1.61. The molecule has 4 rings (SSSR count). The first kappa shape index (κ1) is 22.1. The molecule has 0 aliphatic heterocycles. The number of nitrogens with zero attached hydrogens (tertiary/aromatic N) is 2. The number of carbonyl (C=O) groups is 1. The fourth-order valence-electron chi connectivity index (χ4n) is 3.43. The fourth-order valence-corrected chi connectivity index (χ4v) is 5.39. The predicted molar refractivity (Wildman–Crippen MR) is 125 cm³/mol. The molecule has 1 amide bonds. The van der Waals surface area contributed by atoms with E-state index in [1.807, 2.05) is 67.6 Å². The van der Waals surface area contributed by atoms with Gasteiger partial charge >= 0.3 is 0 Å². The molecule has 0 aliphatic carbocycles. The standard InChI is InChI=1S/C23H22N4O3S2/c1-16(18-11-6-3-7-12-18)24-23(28)20(15-17-9-4-2-5-10-17)27-32(29,30)21-14-8-13-19-22(21)26-31-25-19/h2-14,16,20,27H,15H2,1H3,(H,24,28). The van der Waals surface area contributed by atoms with Gasteiger partial charge in [0.25, 0.3) is 0 Å². The van der Waals surface area contributed by atoms with Gasteiger partial charge in [0, 0.05) is 0 Å². The third-order valence-electron chi connectivity index (χ3n) is 5.09. The van der Waals surface area contributed by atoms with Crippen molar-refractivity contribution < 1.29 is 13.2 Å². The summed E-state index contributed by atoms with van der Waals surface area (Å²) >= 11 is 0.945. The second-order valence-corrected chi connectivity index (χ2v) is 9.60. The molecule has 0 radical (unpaired) electrons. The van der Waals surface area contributed by atoms with E-state index in [1.54, 1.807) is 12.1 Å². The zero-order valence-corrected chi connectivity index (χ0v) is 18.9. The van der Waals surface area contributed by atoms with E-state index in [9.17, 15) is 13.2 Å². The first-order chi connectivity index (χ1) is 15.4. The first-order valence-corrected chi connectivity index (χ1v) is 12.3. The largest absolute Gasteiger partial charge is 0.348 e. The Morgan fingerprint density at radius 2 is 1.62 bits per heavy atom. The third kappa shape index (κ3) is 5.01. The average molecular weight is 467 g/mol. The smallest absolute Gasteiger partial charge is 0.243 e. The van der Waals surface area contributed by atoms with Crippen LogP contribution in [0.1, 0.15) is 24.1 Å². The summed E-state index contributed by atoms with van der Waals surface area (Å²) in [6, 6.07) is 22.3. The van der Waals surface area contributed by atoms with Crippen molar-refractivity contribution >= 4 is 38.7 Å². The minimum absolute atomic E-state index is 0.00530. The van der Waals surface area contributed by atoms with Crippen LogP contribution in [-0.2, 0) is 21.2 Å². The van der Waals surface area contributed by atoms with Crippen molar-refractivity contribution in [2.24, 2.45) is 0 Å². The Bertz CT molecular complexity index is 1310. The molecule has 0 fully saturated rings. The van der Waals surface area contributed by atoms with Gasteiger partial charge in [0.2, 0.25) is 15.9 Å². The van der Waals surface area contributed by atoms with Gasteiger partial charge < -0.3 is 5.32 Å². The van der Waals surface area contributed by atoms with Crippen molar-refractivity contribution in [2.75, 3.05) is 0 Å². The van der Waals surface area contributed by atoms with Crippen molar-refractivity contribution in [2.45, 2.75) is 30.3 Å². The van der Waals surface area contributed by atoms with E-state index in [0.717, 1.165) is 22.9 Å². The SMILES string of the molecule is CC(NC(=O)C(Cc1ccccc1)NS(=O)(=O)c1cccc2nsnc12)c1ccccc1. The van der Waals surface area contributed by atoms with E-state index in [2.05, 4.69) is 18.8 Å². The van der Waals surface area contributed by atoms with E-state index in [0.29, 0.717) is 11.0 Å². The van der Waals surface area contributed by atoms with E-state index >= 15 is 0 Å². The highest BCUT2D eigenvalue weighted by Gasteiger charge is 2.29. The van der Waals surface area contributed by atoms with Crippen molar-refractivity contribution in [1.82, 2.24) is 18.8 Å². The maximum absolute atomic E-state index is 13.3. The molecule has 9 heteroatoms. The predicted octanol–water partition coefficient (Wildman–Crippen LogP) is 3.46. The Kier molecular flexibility index (Phi) is 6.59. The summed E-state index contributed by atoms with van der Waals surface area (Å²) in [5.41, 5.74) is 2.57. The van der Waals surface area contributed by atoms with Crippen LogP contribution in [-0.4, -0.2) is 29.1 Å². The molecule has 4 aromatic rings. The van der Waals surface area contributed by atoms with Crippen LogP contribution in [0.15, 0.2) is 83.8 Å². The summed E-state index contributed by atoms with van der Waals surface area (Å²) in [6.45, 7) is 1.86. The van der Waals surface area contributed by atoms with Gasteiger partial charge in [-0.15, -0.1) is 0 Å². The number of carbonyl (C=O) groups excluding carboxylic acids is 1. The lowest BCUT2D eigenvalue weighted by atomic mass is 10.0. The number of hydrogen-bond donors (Lipinski definition) is 2. The number of benzene rings is 3. The molecule has 2 atom stereocenters. The molecule has 2 N–H and O–H groups in total. The number of amides is 1. The van der Waals surface area contributed by atoms with Crippen LogP contribution < -0.4 is 10.0 Å². The Morgan fingerprint density at radius 3 is 2.34 bits per heavy atom. The van der Waals surface area contributed by atoms with Crippen LogP contribution in [0.3, 0.4) is 0 Å². The molecule has 7 nitrogen and oxygen atoms in total. The molecular weight excluding hydrogens is 444 g/mol. The van der Waals surface area contributed by atoms with E-state index in [-0.39, 0.29) is 17.4 Å². The molecule has 0 aliphatic rings. The van der Waals surface area contributed by atoms with Crippen molar-refractivity contribution in [3.63, 3.8) is 0 Å². The van der Waals surface area contributed by atoms with Gasteiger partial charge in [-0.25, -0.2) is 8.42 Å². The Labute approximate surface area is 190 Å². The number of nitrogens with one attached hydrogen (secondary N) is 2. The summed E-state index contributed by atoms with van der Waals surface area (Å²) in [5, 5.41) is 2.93. The number of fused-ring (bicyclic) bond motifs is 1. The molecule has 0 spiro atoms. The highest BCUT2D eigenvalue weighted by atomic mass is 32.2. The van der Waals surface area contributed by atoms with Crippen LogP contribution >= 0.6 is 11.7 Å². The molecule has 0 saturated carbocycles. The van der Waals surface area contributed by atoms with Gasteiger partial charge in [-0.1, -0.05) is 66.7 Å². The molecular formula is C23H22N4O3S2. The number of sulfonamides is 1. The van der Waals surface area contributed by atoms with Crippen LogP contribution in [0.4, 0.5) is 0 Å². The van der Waals surface area contributed by atoms with E-state index < -0.39 is 22.0 Å². The second kappa shape index (κ2) is 9.56. The lowest BCUT2D eigenvalue weighted by molar-refractivity contribution is -0.123. The molecule has 2 unspecified atom stereocenters. The lowest BCUT2D eigenvalue weighted by Crippen LogP contribution is -2.48. The molecule has 1 aromatic heterocycles. The monoisotopic (exact) mass is 466 g/mol. The maximum Gasteiger partial charge on any atom is 0.243 e. The summed E-state index contributed by atoms with van der Waals surface area (Å²) < 4.78 is 37.3. The number of aromatic nitrogens is 2. The topological polar surface area (TPSA) is 101 Å². The van der Waals surface area contributed by atoms with Gasteiger partial charge in [0.05, 0.1) is 17.8 Å². The summed E-state index contributed by atoms with van der Waals surface area (Å²) in [7, 11) is -4.03. The van der Waals surface area contributed by atoms with E-state index in [1.165, 1.54) is 6.07 Å². The van der Waals surface area contributed by atoms with Crippen molar-refractivity contribution in [3.05, 3.63) is 90.0 Å². The Hall–Kier alpha value is -3.14. The third-order valence-corrected chi connectivity index (χ3v) is 7.14. The molecule has 3 aromatic carbocycles. The molecule has 32 heavy (non-hydrogen) atoms. The molecule has 0 saturated heterocycles. The Morgan fingerprint density at radius 1 is 0.938 bits per heavy atom. The molecule has 0 bridgehead atoms. The quantitative estimate of drug-likeness (QED) is 0.414. The second-order valence-electron chi connectivity index (χ2n) is 7.39. The van der Waals surface area contributed by atoms with Gasteiger partial charge in [0.1, 0.15) is 22.0 Å². The van der Waals surface area contributed by atoms with Gasteiger partial charge in [0.15, 0.2) is 0 Å². The summed E-state index contributed by atoms with van der Waals surface area (Å²) in [4.78, 5) is 13.2. The highest BCUT2D eigenvalue weighted by molar-refractivity contribution is 7.89. The number of rotatable bonds is 8. The zero-order chi connectivity index (χ0) is 22.6. The van der Waals surface area contributed by atoms with E-state index in [4.69, 9.17) is 0 Å². The van der Waals surface area contributed by atoms with Gasteiger partial charge in [-0.2, -0.15) is 13.5 Å². The van der Waals surface area contributed by atoms with Crippen molar-refractivity contribution in [1.29, 1.82) is 0 Å². The fraction of sp³-hybridized carbons (Fsp3) is 0.174.